The molecule has 0 aromatic rings. The molecule has 63 heavy (non-hydrogen) atoms. The van der Waals surface area contributed by atoms with E-state index in [9.17, 15) is 14.3 Å². The third-order valence-electron chi connectivity index (χ3n) is 12.7. The summed E-state index contributed by atoms with van der Waals surface area (Å²) in [5.74, 6) is -0.303. The molecule has 0 aliphatic heterocycles. The zero-order chi connectivity index (χ0) is 46.2. The van der Waals surface area contributed by atoms with Crippen molar-refractivity contribution in [3.05, 3.63) is 0 Å². The highest BCUT2D eigenvalue weighted by molar-refractivity contribution is 7.47. The molecule has 0 bridgehead atoms. The van der Waals surface area contributed by atoms with Crippen LogP contribution in [-0.2, 0) is 27.9 Å². The molecule has 0 saturated carbocycles. The normalized spacial score (nSPS) is 13.4. The molecule has 0 radical (unpaired) electrons. The number of phosphoric ester groups is 1. The molecule has 9 heteroatoms. The Morgan fingerprint density at radius 2 is 0.730 bits per heavy atom. The first-order valence-corrected chi connectivity index (χ1v) is 29.3. The number of likely N-dealkylation sites (N-methyl/N-ethyl adjacent to an activating group) is 1. The van der Waals surface area contributed by atoms with E-state index in [0.717, 1.165) is 32.1 Å². The Morgan fingerprint density at radius 3 is 1.05 bits per heavy atom. The van der Waals surface area contributed by atoms with Crippen LogP contribution in [0.25, 0.3) is 0 Å². The van der Waals surface area contributed by atoms with Gasteiger partial charge in [0.2, 0.25) is 0 Å². The smallest absolute Gasteiger partial charge is 0.457 e. The summed E-state index contributed by atoms with van der Waals surface area (Å²) in [7, 11) is 1.69. The predicted octanol–water partition coefficient (Wildman–Crippen LogP) is 17.2. The van der Waals surface area contributed by atoms with Gasteiger partial charge in [-0.1, -0.05) is 264 Å². The fraction of sp³-hybridized carbons (Fsp3) is 0.981. The lowest BCUT2D eigenvalue weighted by atomic mass is 10.0. The van der Waals surface area contributed by atoms with Crippen LogP contribution in [0.3, 0.4) is 0 Å². The average molecular weight is 917 g/mol. The van der Waals surface area contributed by atoms with Gasteiger partial charge in [-0.15, -0.1) is 0 Å². The van der Waals surface area contributed by atoms with Crippen LogP contribution in [0.1, 0.15) is 284 Å². The lowest BCUT2D eigenvalue weighted by molar-refractivity contribution is -0.870. The second-order valence-corrected chi connectivity index (χ2v) is 21.8. The number of quaternary nitrogens is 1. The minimum atomic E-state index is -4.27. The maximum absolute atomic E-state index is 12.8. The van der Waals surface area contributed by atoms with Crippen LogP contribution in [0, 0.1) is 0 Å². The third-order valence-corrected chi connectivity index (χ3v) is 13.7. The largest absolute Gasteiger partial charge is 0.472 e. The van der Waals surface area contributed by atoms with Crippen LogP contribution in [0.4, 0.5) is 0 Å². The Morgan fingerprint density at radius 1 is 0.429 bits per heavy atom. The summed E-state index contributed by atoms with van der Waals surface area (Å²) >= 11 is 0. The van der Waals surface area contributed by atoms with Crippen LogP contribution in [0.5, 0.6) is 0 Å². The predicted molar refractivity (Wildman–Crippen MR) is 271 cm³/mol. The monoisotopic (exact) mass is 917 g/mol. The molecule has 378 valence electrons. The Bertz CT molecular complexity index is 976. The molecule has 0 aromatic carbocycles. The van der Waals surface area contributed by atoms with Gasteiger partial charge in [0, 0.05) is 13.0 Å². The molecule has 1 unspecified atom stereocenters. The molecular formula is C54H111NO7P+. The second kappa shape index (κ2) is 48.0. The third kappa shape index (κ3) is 52.3. The number of unbranched alkanes of at least 4 members (excludes halogenated alkanes) is 39. The van der Waals surface area contributed by atoms with E-state index < -0.39 is 13.9 Å². The first kappa shape index (κ1) is 62.5. The molecule has 0 heterocycles. The Hall–Kier alpha value is -0.500. The van der Waals surface area contributed by atoms with Crippen LogP contribution in [-0.4, -0.2) is 75.6 Å². The standard InChI is InChI=1S/C54H110NO7P/c1-6-8-10-12-14-16-18-20-22-24-25-26-27-28-29-30-31-32-33-35-37-39-41-43-45-47-54(56)62-53(52-61-63(57,58)60-50-48-55(3,4)5)51-59-49-46-44-42-40-38-36-34-23-21-19-17-15-13-11-9-7-2/h53H,6-52H2,1-5H3/p+1/t53-/m1/s1. The molecule has 0 aliphatic carbocycles. The molecule has 0 aliphatic rings. The highest BCUT2D eigenvalue weighted by Crippen LogP contribution is 2.43. The van der Waals surface area contributed by atoms with Gasteiger partial charge in [0.25, 0.3) is 0 Å². The van der Waals surface area contributed by atoms with Crippen molar-refractivity contribution in [3.8, 4) is 0 Å². The Labute approximate surface area is 393 Å². The number of rotatable bonds is 53. The minimum absolute atomic E-state index is 0.0943. The first-order valence-electron chi connectivity index (χ1n) is 27.8. The number of carbonyl (C=O) groups excluding carboxylic acids is 1. The van der Waals surface area contributed by atoms with E-state index in [-0.39, 0.29) is 25.8 Å². The molecule has 0 rings (SSSR count). The van der Waals surface area contributed by atoms with Gasteiger partial charge in [-0.3, -0.25) is 13.8 Å². The van der Waals surface area contributed by atoms with Gasteiger partial charge in [0.1, 0.15) is 19.3 Å². The van der Waals surface area contributed by atoms with Gasteiger partial charge < -0.3 is 18.9 Å². The molecule has 2 atom stereocenters. The van der Waals surface area contributed by atoms with Crippen molar-refractivity contribution in [3.63, 3.8) is 0 Å². The lowest BCUT2D eigenvalue weighted by Gasteiger charge is -2.24. The van der Waals surface area contributed by atoms with Crippen molar-refractivity contribution in [1.82, 2.24) is 0 Å². The number of esters is 1. The summed E-state index contributed by atoms with van der Waals surface area (Å²) in [6.45, 7) is 5.71. The molecule has 0 fully saturated rings. The molecule has 1 N–H and O–H groups in total. The van der Waals surface area contributed by atoms with Crippen LogP contribution in [0.2, 0.25) is 0 Å². The summed E-state index contributed by atoms with van der Waals surface area (Å²) in [6, 6.07) is 0. The summed E-state index contributed by atoms with van der Waals surface area (Å²) < 4.78 is 35.2. The summed E-state index contributed by atoms with van der Waals surface area (Å²) in [5, 5.41) is 0. The van der Waals surface area contributed by atoms with Crippen LogP contribution >= 0.6 is 7.82 Å². The number of ether oxygens (including phenoxy) is 2. The van der Waals surface area contributed by atoms with Crippen molar-refractivity contribution in [2.45, 2.75) is 290 Å². The Balaban J connectivity index is 4.00. The van der Waals surface area contributed by atoms with Crippen molar-refractivity contribution in [2.75, 3.05) is 54.1 Å². The molecular weight excluding hydrogens is 806 g/mol. The number of hydrogen-bond donors (Lipinski definition) is 1. The minimum Gasteiger partial charge on any atom is -0.457 e. The fourth-order valence-corrected chi connectivity index (χ4v) is 9.12. The Kier molecular flexibility index (Phi) is 47.6. The molecule has 0 aromatic heterocycles. The number of carbonyl (C=O) groups is 1. The van der Waals surface area contributed by atoms with Gasteiger partial charge in [0.05, 0.1) is 34.4 Å². The van der Waals surface area contributed by atoms with Gasteiger partial charge in [0.15, 0.2) is 0 Å². The molecule has 8 nitrogen and oxygen atoms in total. The van der Waals surface area contributed by atoms with Gasteiger partial charge >= 0.3 is 13.8 Å². The van der Waals surface area contributed by atoms with E-state index in [4.69, 9.17) is 18.5 Å². The highest BCUT2D eigenvalue weighted by atomic mass is 31.2. The maximum atomic E-state index is 12.8. The van der Waals surface area contributed by atoms with Crippen molar-refractivity contribution < 1.29 is 37.3 Å². The molecule has 0 spiro atoms. The number of phosphoric acid groups is 1. The van der Waals surface area contributed by atoms with E-state index in [1.165, 1.54) is 231 Å². The van der Waals surface area contributed by atoms with E-state index in [1.54, 1.807) is 0 Å². The zero-order valence-electron chi connectivity index (χ0n) is 43.1. The van der Waals surface area contributed by atoms with Crippen molar-refractivity contribution >= 4 is 13.8 Å². The first-order chi connectivity index (χ1) is 30.6. The lowest BCUT2D eigenvalue weighted by Crippen LogP contribution is -2.37. The average Bonchev–Trinajstić information content (AvgIpc) is 3.24. The van der Waals surface area contributed by atoms with Gasteiger partial charge in [-0.25, -0.2) is 4.57 Å². The molecule has 0 saturated heterocycles. The van der Waals surface area contributed by atoms with Crippen molar-refractivity contribution in [1.29, 1.82) is 0 Å². The highest BCUT2D eigenvalue weighted by Gasteiger charge is 2.26. The van der Waals surface area contributed by atoms with Gasteiger partial charge in [-0.2, -0.15) is 0 Å². The summed E-state index contributed by atoms with van der Waals surface area (Å²) in [4.78, 5) is 23.0. The van der Waals surface area contributed by atoms with Gasteiger partial charge in [-0.05, 0) is 12.8 Å². The quantitative estimate of drug-likeness (QED) is 0.0281. The fourth-order valence-electron chi connectivity index (χ4n) is 8.38. The summed E-state index contributed by atoms with van der Waals surface area (Å²) in [5.41, 5.74) is 0. The maximum Gasteiger partial charge on any atom is 0.472 e. The SMILES string of the molecule is CCCCCCCCCCCCCCCCCCCCCCCCCCCC(=O)O[C@H](COCCCCCCCCCCCCCCCCCC)COP(=O)(O)OCC[N+](C)(C)C. The van der Waals surface area contributed by atoms with Crippen molar-refractivity contribution in [2.24, 2.45) is 0 Å². The van der Waals surface area contributed by atoms with E-state index >= 15 is 0 Å². The zero-order valence-corrected chi connectivity index (χ0v) is 44.0. The van der Waals surface area contributed by atoms with E-state index in [0.29, 0.717) is 24.1 Å². The molecule has 0 amide bonds. The number of hydrogen-bond acceptors (Lipinski definition) is 6. The van der Waals surface area contributed by atoms with E-state index in [1.807, 2.05) is 21.1 Å². The topological polar surface area (TPSA) is 91.3 Å². The van der Waals surface area contributed by atoms with E-state index in [2.05, 4.69) is 13.8 Å². The second-order valence-electron chi connectivity index (χ2n) is 20.3. The number of nitrogens with zero attached hydrogens (tertiary/aromatic N) is 1. The summed E-state index contributed by atoms with van der Waals surface area (Å²) in [6.07, 6.45) is 54.5. The van der Waals surface area contributed by atoms with Crippen LogP contribution in [0.15, 0.2) is 0 Å². The van der Waals surface area contributed by atoms with Crippen LogP contribution < -0.4 is 0 Å².